The highest BCUT2D eigenvalue weighted by Crippen LogP contribution is 2.15. The molecule has 0 fully saturated rings. The van der Waals surface area contributed by atoms with Crippen LogP contribution in [0.25, 0.3) is 0 Å². The van der Waals surface area contributed by atoms with E-state index in [0.717, 1.165) is 24.2 Å². The van der Waals surface area contributed by atoms with Gasteiger partial charge in [-0.05, 0) is 49.9 Å². The molecule has 27 heavy (non-hydrogen) atoms. The van der Waals surface area contributed by atoms with Crippen molar-refractivity contribution >= 4 is 11.6 Å². The summed E-state index contributed by atoms with van der Waals surface area (Å²) >= 11 is 0. The molecule has 1 heterocycles. The minimum Gasteiger partial charge on any atom is -0.375 e. The van der Waals surface area contributed by atoms with Crippen LogP contribution in [-0.4, -0.2) is 31.0 Å². The Morgan fingerprint density at radius 2 is 1.96 bits per heavy atom. The van der Waals surface area contributed by atoms with Gasteiger partial charge in [0.1, 0.15) is 11.6 Å². The van der Waals surface area contributed by atoms with E-state index in [1.165, 1.54) is 0 Å². The Kier molecular flexibility index (Phi) is 7.18. The summed E-state index contributed by atoms with van der Waals surface area (Å²) in [5, 5.41) is 12.0. The maximum absolute atomic E-state index is 12.1. The normalized spacial score (nSPS) is 10.3. The number of benzene rings is 1. The van der Waals surface area contributed by atoms with Crippen molar-refractivity contribution in [2.75, 3.05) is 25.0 Å². The van der Waals surface area contributed by atoms with Crippen molar-refractivity contribution in [1.29, 1.82) is 5.26 Å². The van der Waals surface area contributed by atoms with Crippen LogP contribution in [-0.2, 0) is 11.2 Å². The fraction of sp³-hybridized carbons (Fsp3) is 0.381. The van der Waals surface area contributed by atoms with Crippen LogP contribution in [0.1, 0.15) is 35.2 Å². The second kappa shape index (κ2) is 9.58. The Labute approximate surface area is 159 Å². The molecule has 142 valence electrons. The predicted octanol–water partition coefficient (Wildman–Crippen LogP) is 2.44. The molecule has 0 saturated heterocycles. The number of anilines is 1. The Morgan fingerprint density at radius 1 is 1.26 bits per heavy atom. The molecule has 2 N–H and O–H groups in total. The van der Waals surface area contributed by atoms with Crippen molar-refractivity contribution in [2.24, 2.45) is 0 Å². The average molecular weight is 366 g/mol. The number of rotatable bonds is 8. The fourth-order valence-electron chi connectivity index (χ4n) is 3.10. The topological polar surface area (TPSA) is 89.0 Å². The molecule has 2 aromatic rings. The lowest BCUT2D eigenvalue weighted by atomic mass is 9.99. The standard InChI is InChI=1S/C21H26N4O2/c1-15-18(16(2)24-21(27)19(15)14-22)10-11-20(26)23-12-7-13-25(3)17-8-5-4-6-9-17/h4-6,8-9H,7,10-13H2,1-3H3,(H,23,26)(H,24,27). The first-order valence-corrected chi connectivity index (χ1v) is 9.09. The number of aromatic amines is 1. The number of hydrogen-bond acceptors (Lipinski definition) is 4. The number of carbonyl (C=O) groups is 1. The highest BCUT2D eigenvalue weighted by molar-refractivity contribution is 5.76. The first-order valence-electron chi connectivity index (χ1n) is 9.09. The average Bonchev–Trinajstić information content (AvgIpc) is 2.65. The summed E-state index contributed by atoms with van der Waals surface area (Å²) < 4.78 is 0. The van der Waals surface area contributed by atoms with Gasteiger partial charge in [-0.15, -0.1) is 0 Å². The maximum Gasteiger partial charge on any atom is 0.266 e. The summed E-state index contributed by atoms with van der Waals surface area (Å²) in [6.07, 6.45) is 1.68. The summed E-state index contributed by atoms with van der Waals surface area (Å²) in [5.41, 5.74) is 3.15. The van der Waals surface area contributed by atoms with E-state index < -0.39 is 0 Å². The largest absolute Gasteiger partial charge is 0.375 e. The Hall–Kier alpha value is -3.07. The van der Waals surface area contributed by atoms with Crippen LogP contribution in [0, 0.1) is 25.2 Å². The second-order valence-corrected chi connectivity index (χ2v) is 6.63. The van der Waals surface area contributed by atoms with Crippen LogP contribution in [0.3, 0.4) is 0 Å². The summed E-state index contributed by atoms with van der Waals surface area (Å²) in [4.78, 5) is 28.7. The smallest absolute Gasteiger partial charge is 0.266 e. The van der Waals surface area contributed by atoms with Crippen molar-refractivity contribution in [2.45, 2.75) is 33.1 Å². The first-order chi connectivity index (χ1) is 12.9. The number of nitrogens with one attached hydrogen (secondary N) is 2. The quantitative estimate of drug-likeness (QED) is 0.702. The Morgan fingerprint density at radius 3 is 2.63 bits per heavy atom. The molecule has 0 saturated carbocycles. The molecule has 1 aromatic heterocycles. The van der Waals surface area contributed by atoms with Crippen LogP contribution in [0.2, 0.25) is 0 Å². The molecule has 0 bridgehead atoms. The zero-order valence-corrected chi connectivity index (χ0v) is 16.1. The first kappa shape index (κ1) is 20.2. The third-order valence-corrected chi connectivity index (χ3v) is 4.71. The van der Waals surface area contributed by atoms with Gasteiger partial charge in [-0.25, -0.2) is 0 Å². The molecule has 0 aliphatic carbocycles. The third kappa shape index (κ3) is 5.45. The molecular formula is C21H26N4O2. The number of aromatic nitrogens is 1. The Balaban J connectivity index is 1.79. The zero-order chi connectivity index (χ0) is 19.8. The number of carbonyl (C=O) groups excluding carboxylic acids is 1. The molecule has 6 nitrogen and oxygen atoms in total. The lowest BCUT2D eigenvalue weighted by molar-refractivity contribution is -0.121. The van der Waals surface area contributed by atoms with Gasteiger partial charge >= 0.3 is 0 Å². The number of nitriles is 1. The van der Waals surface area contributed by atoms with Gasteiger partial charge in [0, 0.05) is 37.9 Å². The van der Waals surface area contributed by atoms with E-state index in [-0.39, 0.29) is 17.0 Å². The number of H-pyrrole nitrogens is 1. The number of hydrogen-bond donors (Lipinski definition) is 2. The van der Waals surface area contributed by atoms with Gasteiger partial charge in [0.05, 0.1) is 0 Å². The lowest BCUT2D eigenvalue weighted by Gasteiger charge is -2.19. The van der Waals surface area contributed by atoms with Crippen LogP contribution in [0.4, 0.5) is 5.69 Å². The SMILES string of the molecule is Cc1[nH]c(=O)c(C#N)c(C)c1CCC(=O)NCCCN(C)c1ccccc1. The summed E-state index contributed by atoms with van der Waals surface area (Å²) in [7, 11) is 2.03. The van der Waals surface area contributed by atoms with Crippen molar-refractivity contribution in [1.82, 2.24) is 10.3 Å². The van der Waals surface area contributed by atoms with E-state index in [0.29, 0.717) is 30.6 Å². The van der Waals surface area contributed by atoms with Crippen molar-refractivity contribution in [3.8, 4) is 6.07 Å². The highest BCUT2D eigenvalue weighted by atomic mass is 16.1. The van der Waals surface area contributed by atoms with E-state index in [9.17, 15) is 9.59 Å². The Bertz CT molecular complexity index is 882. The summed E-state index contributed by atoms with van der Waals surface area (Å²) in [5.74, 6) is -0.0270. The van der Waals surface area contributed by atoms with Gasteiger partial charge in [-0.2, -0.15) is 5.26 Å². The van der Waals surface area contributed by atoms with Crippen molar-refractivity contribution in [3.05, 3.63) is 63.1 Å². The predicted molar refractivity (Wildman–Crippen MR) is 107 cm³/mol. The molecule has 0 aliphatic heterocycles. The summed E-state index contributed by atoms with van der Waals surface area (Å²) in [6, 6.07) is 12.1. The van der Waals surface area contributed by atoms with E-state index >= 15 is 0 Å². The van der Waals surface area contributed by atoms with Crippen LogP contribution < -0.4 is 15.8 Å². The van der Waals surface area contributed by atoms with Gasteiger partial charge in [0.15, 0.2) is 0 Å². The molecule has 1 aromatic carbocycles. The number of para-hydroxylation sites is 1. The number of amides is 1. The van der Waals surface area contributed by atoms with Gasteiger partial charge in [0.25, 0.3) is 5.56 Å². The second-order valence-electron chi connectivity index (χ2n) is 6.63. The van der Waals surface area contributed by atoms with E-state index in [1.54, 1.807) is 13.8 Å². The van der Waals surface area contributed by atoms with Gasteiger partial charge in [0.2, 0.25) is 5.91 Å². The minimum atomic E-state index is -0.372. The number of nitrogens with zero attached hydrogens (tertiary/aromatic N) is 2. The molecule has 0 unspecified atom stereocenters. The fourth-order valence-corrected chi connectivity index (χ4v) is 3.10. The van der Waals surface area contributed by atoms with Crippen molar-refractivity contribution < 1.29 is 4.79 Å². The van der Waals surface area contributed by atoms with E-state index in [2.05, 4.69) is 27.3 Å². The number of pyridine rings is 1. The maximum atomic E-state index is 12.1. The van der Waals surface area contributed by atoms with E-state index in [1.807, 2.05) is 31.3 Å². The van der Waals surface area contributed by atoms with Gasteiger partial charge < -0.3 is 15.2 Å². The molecule has 0 atom stereocenters. The number of aryl methyl sites for hydroxylation is 1. The minimum absolute atomic E-state index is 0.0270. The van der Waals surface area contributed by atoms with Gasteiger partial charge in [-0.1, -0.05) is 18.2 Å². The molecule has 0 radical (unpaired) electrons. The third-order valence-electron chi connectivity index (χ3n) is 4.71. The molecule has 6 heteroatoms. The van der Waals surface area contributed by atoms with Crippen LogP contribution >= 0.6 is 0 Å². The lowest BCUT2D eigenvalue weighted by Crippen LogP contribution is -2.28. The zero-order valence-electron chi connectivity index (χ0n) is 16.1. The highest BCUT2D eigenvalue weighted by Gasteiger charge is 2.13. The van der Waals surface area contributed by atoms with Crippen LogP contribution in [0.5, 0.6) is 0 Å². The summed E-state index contributed by atoms with van der Waals surface area (Å²) in [6.45, 7) is 5.02. The molecule has 2 rings (SSSR count). The van der Waals surface area contributed by atoms with Gasteiger partial charge in [-0.3, -0.25) is 9.59 Å². The van der Waals surface area contributed by atoms with Crippen LogP contribution in [0.15, 0.2) is 35.1 Å². The monoisotopic (exact) mass is 366 g/mol. The molecule has 1 amide bonds. The van der Waals surface area contributed by atoms with Crippen molar-refractivity contribution in [3.63, 3.8) is 0 Å². The molecule has 0 aliphatic rings. The van der Waals surface area contributed by atoms with E-state index in [4.69, 9.17) is 5.26 Å². The molecular weight excluding hydrogens is 340 g/mol. The molecule has 0 spiro atoms.